The third-order valence-corrected chi connectivity index (χ3v) is 3.39. The van der Waals surface area contributed by atoms with Gasteiger partial charge < -0.3 is 20.9 Å². The molecule has 1 aromatic carbocycles. The number of hydrogen-bond acceptors (Lipinski definition) is 4. The first kappa shape index (κ1) is 12.7. The fourth-order valence-electron chi connectivity index (χ4n) is 2.21. The number of benzene rings is 1. The Labute approximate surface area is 108 Å². The van der Waals surface area contributed by atoms with Gasteiger partial charge >= 0.3 is 0 Å². The van der Waals surface area contributed by atoms with Crippen molar-refractivity contribution in [3.05, 3.63) is 23.8 Å². The van der Waals surface area contributed by atoms with E-state index in [4.69, 9.17) is 5.73 Å². The van der Waals surface area contributed by atoms with E-state index in [1.165, 1.54) is 0 Å². The lowest BCUT2D eigenvalue weighted by Crippen LogP contribution is -2.45. The molecule has 2 rings (SSSR count). The molecular weight excluding hydrogens is 228 g/mol. The SMILES string of the molecule is CNc1ccc(N2CCN(C)CC2)c(C(N)=O)c1. The van der Waals surface area contributed by atoms with Gasteiger partial charge in [-0.15, -0.1) is 0 Å². The molecule has 0 saturated carbocycles. The van der Waals surface area contributed by atoms with E-state index in [0.717, 1.165) is 37.6 Å². The van der Waals surface area contributed by atoms with Crippen molar-refractivity contribution < 1.29 is 4.79 Å². The molecule has 1 amide bonds. The van der Waals surface area contributed by atoms with Crippen molar-refractivity contribution in [1.29, 1.82) is 0 Å². The van der Waals surface area contributed by atoms with Crippen LogP contribution in [0.25, 0.3) is 0 Å². The van der Waals surface area contributed by atoms with E-state index in [-0.39, 0.29) is 5.91 Å². The van der Waals surface area contributed by atoms with E-state index in [1.807, 2.05) is 25.2 Å². The van der Waals surface area contributed by atoms with Gasteiger partial charge in [-0.3, -0.25) is 4.79 Å². The van der Waals surface area contributed by atoms with Gasteiger partial charge in [0.25, 0.3) is 5.91 Å². The van der Waals surface area contributed by atoms with E-state index < -0.39 is 0 Å². The van der Waals surface area contributed by atoms with Crippen molar-refractivity contribution in [2.75, 3.05) is 50.5 Å². The number of carbonyl (C=O) groups is 1. The minimum absolute atomic E-state index is 0.374. The van der Waals surface area contributed by atoms with Gasteiger partial charge in [0.05, 0.1) is 5.56 Å². The van der Waals surface area contributed by atoms with Crippen LogP contribution in [0.1, 0.15) is 10.4 Å². The molecule has 0 atom stereocenters. The van der Waals surface area contributed by atoms with Gasteiger partial charge in [0, 0.05) is 44.6 Å². The minimum atomic E-state index is -0.374. The number of amides is 1. The number of nitrogens with two attached hydrogens (primary N) is 1. The molecular formula is C13H20N4O. The molecule has 0 aliphatic carbocycles. The third-order valence-electron chi connectivity index (χ3n) is 3.39. The quantitative estimate of drug-likeness (QED) is 0.821. The van der Waals surface area contributed by atoms with Crippen molar-refractivity contribution in [3.63, 3.8) is 0 Å². The number of anilines is 2. The number of nitrogens with one attached hydrogen (secondary N) is 1. The first-order chi connectivity index (χ1) is 8.61. The molecule has 1 aromatic rings. The standard InChI is InChI=1S/C13H20N4O/c1-15-10-3-4-12(11(9-10)13(14)18)17-7-5-16(2)6-8-17/h3-4,9,15H,5-8H2,1-2H3,(H2,14,18). The minimum Gasteiger partial charge on any atom is -0.388 e. The molecule has 5 heteroatoms. The van der Waals surface area contributed by atoms with Crippen molar-refractivity contribution in [2.24, 2.45) is 5.73 Å². The Balaban J connectivity index is 2.29. The molecule has 18 heavy (non-hydrogen) atoms. The Morgan fingerprint density at radius 1 is 1.28 bits per heavy atom. The number of carbonyl (C=O) groups excluding carboxylic acids is 1. The summed E-state index contributed by atoms with van der Waals surface area (Å²) in [5, 5.41) is 3.02. The average Bonchev–Trinajstić information content (AvgIpc) is 2.39. The lowest BCUT2D eigenvalue weighted by molar-refractivity contribution is 0.100. The number of piperazine rings is 1. The fourth-order valence-corrected chi connectivity index (χ4v) is 2.21. The van der Waals surface area contributed by atoms with Crippen LogP contribution in [0.3, 0.4) is 0 Å². The highest BCUT2D eigenvalue weighted by atomic mass is 16.1. The van der Waals surface area contributed by atoms with E-state index in [9.17, 15) is 4.79 Å². The zero-order chi connectivity index (χ0) is 13.1. The summed E-state index contributed by atoms with van der Waals surface area (Å²) in [6.07, 6.45) is 0. The molecule has 0 aromatic heterocycles. The molecule has 1 fully saturated rings. The van der Waals surface area contributed by atoms with Crippen LogP contribution in [0, 0.1) is 0 Å². The Hall–Kier alpha value is -1.75. The predicted molar refractivity (Wildman–Crippen MR) is 74.2 cm³/mol. The van der Waals surface area contributed by atoms with Crippen molar-refractivity contribution in [1.82, 2.24) is 4.90 Å². The van der Waals surface area contributed by atoms with Gasteiger partial charge in [-0.2, -0.15) is 0 Å². The Kier molecular flexibility index (Phi) is 3.72. The zero-order valence-corrected chi connectivity index (χ0v) is 10.9. The maximum Gasteiger partial charge on any atom is 0.250 e. The van der Waals surface area contributed by atoms with Crippen LogP contribution in [-0.2, 0) is 0 Å². The topological polar surface area (TPSA) is 61.6 Å². The van der Waals surface area contributed by atoms with E-state index >= 15 is 0 Å². The maximum atomic E-state index is 11.6. The summed E-state index contributed by atoms with van der Waals surface area (Å²) in [5.41, 5.74) is 7.90. The summed E-state index contributed by atoms with van der Waals surface area (Å²) >= 11 is 0. The Bertz CT molecular complexity index is 439. The summed E-state index contributed by atoms with van der Waals surface area (Å²) in [4.78, 5) is 16.1. The Morgan fingerprint density at radius 3 is 2.50 bits per heavy atom. The molecule has 1 saturated heterocycles. The van der Waals surface area contributed by atoms with Gasteiger partial charge in [0.1, 0.15) is 0 Å². The van der Waals surface area contributed by atoms with Gasteiger partial charge in [0.2, 0.25) is 0 Å². The third kappa shape index (κ3) is 2.56. The average molecular weight is 248 g/mol. The zero-order valence-electron chi connectivity index (χ0n) is 10.9. The highest BCUT2D eigenvalue weighted by molar-refractivity contribution is 5.99. The molecule has 1 aliphatic heterocycles. The number of hydrogen-bond donors (Lipinski definition) is 2. The van der Waals surface area contributed by atoms with Crippen LogP contribution in [0.5, 0.6) is 0 Å². The first-order valence-corrected chi connectivity index (χ1v) is 6.17. The summed E-state index contributed by atoms with van der Waals surface area (Å²) in [5.74, 6) is -0.374. The van der Waals surface area contributed by atoms with Crippen molar-refractivity contribution in [3.8, 4) is 0 Å². The smallest absolute Gasteiger partial charge is 0.250 e. The summed E-state index contributed by atoms with van der Waals surface area (Å²) < 4.78 is 0. The van der Waals surface area contributed by atoms with Gasteiger partial charge in [0.15, 0.2) is 0 Å². The molecule has 5 nitrogen and oxygen atoms in total. The highest BCUT2D eigenvalue weighted by Gasteiger charge is 2.19. The normalized spacial score (nSPS) is 16.7. The molecule has 98 valence electrons. The molecule has 0 radical (unpaired) electrons. The van der Waals surface area contributed by atoms with Crippen LogP contribution >= 0.6 is 0 Å². The van der Waals surface area contributed by atoms with Crippen molar-refractivity contribution in [2.45, 2.75) is 0 Å². The van der Waals surface area contributed by atoms with Crippen LogP contribution in [0.15, 0.2) is 18.2 Å². The van der Waals surface area contributed by atoms with Crippen LogP contribution < -0.4 is 16.0 Å². The second-order valence-corrected chi connectivity index (χ2v) is 4.64. The second kappa shape index (κ2) is 5.27. The number of rotatable bonds is 3. The summed E-state index contributed by atoms with van der Waals surface area (Å²) in [7, 11) is 3.94. The lowest BCUT2D eigenvalue weighted by atomic mass is 10.1. The largest absolute Gasteiger partial charge is 0.388 e. The summed E-state index contributed by atoms with van der Waals surface area (Å²) in [6, 6.07) is 5.76. The molecule has 1 heterocycles. The maximum absolute atomic E-state index is 11.6. The number of likely N-dealkylation sites (N-methyl/N-ethyl adjacent to an activating group) is 1. The second-order valence-electron chi connectivity index (χ2n) is 4.64. The molecule has 0 bridgehead atoms. The van der Waals surface area contributed by atoms with E-state index in [0.29, 0.717) is 5.56 Å². The predicted octanol–water partition coefficient (Wildman–Crippen LogP) is 0.579. The van der Waals surface area contributed by atoms with Gasteiger partial charge in [-0.05, 0) is 25.2 Å². The van der Waals surface area contributed by atoms with E-state index in [2.05, 4.69) is 22.2 Å². The fraction of sp³-hybridized carbons (Fsp3) is 0.462. The van der Waals surface area contributed by atoms with Gasteiger partial charge in [-0.25, -0.2) is 0 Å². The molecule has 0 spiro atoms. The Morgan fingerprint density at radius 2 is 1.94 bits per heavy atom. The van der Waals surface area contributed by atoms with Gasteiger partial charge in [-0.1, -0.05) is 0 Å². The number of primary amides is 1. The number of nitrogens with zero attached hydrogens (tertiary/aromatic N) is 2. The highest BCUT2D eigenvalue weighted by Crippen LogP contribution is 2.24. The van der Waals surface area contributed by atoms with Crippen LogP contribution in [0.4, 0.5) is 11.4 Å². The molecule has 3 N–H and O–H groups in total. The lowest BCUT2D eigenvalue weighted by Gasteiger charge is -2.35. The van der Waals surface area contributed by atoms with Crippen LogP contribution in [-0.4, -0.2) is 51.1 Å². The molecule has 0 unspecified atom stereocenters. The van der Waals surface area contributed by atoms with Crippen molar-refractivity contribution >= 4 is 17.3 Å². The van der Waals surface area contributed by atoms with Crippen LogP contribution in [0.2, 0.25) is 0 Å². The van der Waals surface area contributed by atoms with E-state index in [1.54, 1.807) is 0 Å². The summed E-state index contributed by atoms with van der Waals surface area (Å²) in [6.45, 7) is 3.86. The monoisotopic (exact) mass is 248 g/mol. The molecule has 1 aliphatic rings. The first-order valence-electron chi connectivity index (χ1n) is 6.17.